The molecule has 0 saturated carbocycles. The topological polar surface area (TPSA) is 46.1 Å². The lowest BCUT2D eigenvalue weighted by molar-refractivity contribution is 0.101. The van der Waals surface area contributed by atoms with Gasteiger partial charge in [0.2, 0.25) is 0 Å². The highest BCUT2D eigenvalue weighted by Gasteiger charge is 2.13. The third kappa shape index (κ3) is 3.26. The van der Waals surface area contributed by atoms with Crippen LogP contribution in [0.3, 0.4) is 0 Å². The molecule has 23 heavy (non-hydrogen) atoms. The van der Waals surface area contributed by atoms with Crippen LogP contribution in [0.2, 0.25) is 0 Å². The molecule has 0 unspecified atom stereocenters. The van der Waals surface area contributed by atoms with E-state index in [1.54, 1.807) is 0 Å². The van der Waals surface area contributed by atoms with Crippen LogP contribution in [0.25, 0.3) is 11.1 Å². The fourth-order valence-corrected chi connectivity index (χ4v) is 2.49. The molecule has 4 nitrogen and oxygen atoms in total. The molecule has 2 N–H and O–H groups in total. The zero-order valence-electron chi connectivity index (χ0n) is 13.2. The van der Waals surface area contributed by atoms with Crippen LogP contribution in [0, 0.1) is 0 Å². The molecule has 1 amide bonds. The van der Waals surface area contributed by atoms with Gasteiger partial charge >= 0.3 is 0 Å². The van der Waals surface area contributed by atoms with Crippen molar-refractivity contribution in [2.45, 2.75) is 0 Å². The molecule has 1 heterocycles. The highest BCUT2D eigenvalue weighted by Crippen LogP contribution is 2.24. The molecule has 0 radical (unpaired) electrons. The van der Waals surface area contributed by atoms with Gasteiger partial charge in [0.25, 0.3) is 5.91 Å². The van der Waals surface area contributed by atoms with E-state index in [1.807, 2.05) is 85.5 Å². The number of nitrogens with one attached hydrogen (secondary N) is 2. The summed E-state index contributed by atoms with van der Waals surface area (Å²) in [5.41, 5.74) is 4.58. The van der Waals surface area contributed by atoms with Crippen molar-refractivity contribution in [3.05, 3.63) is 72.6 Å². The van der Waals surface area contributed by atoms with Crippen molar-refractivity contribution in [3.8, 4) is 11.1 Å². The van der Waals surface area contributed by atoms with Crippen LogP contribution in [0.5, 0.6) is 0 Å². The number of para-hydroxylation sites is 1. The van der Waals surface area contributed by atoms with Crippen LogP contribution in [0.15, 0.2) is 66.9 Å². The second-order valence-electron chi connectivity index (χ2n) is 5.37. The first kappa shape index (κ1) is 14.9. The summed E-state index contributed by atoms with van der Waals surface area (Å²) in [6, 6.07) is 19.5. The smallest absolute Gasteiger partial charge is 0.272 e. The van der Waals surface area contributed by atoms with Gasteiger partial charge in [-0.2, -0.15) is 0 Å². The lowest BCUT2D eigenvalue weighted by Crippen LogP contribution is -2.15. The number of amides is 1. The first-order chi connectivity index (χ1) is 11.2. The molecule has 0 atom stereocenters. The highest BCUT2D eigenvalue weighted by atomic mass is 16.1. The Morgan fingerprint density at radius 2 is 1.61 bits per heavy atom. The predicted octanol–water partition coefficient (Wildman–Crippen LogP) is 3.99. The van der Waals surface area contributed by atoms with E-state index >= 15 is 0 Å². The number of hydrogen-bond donors (Lipinski definition) is 2. The van der Waals surface area contributed by atoms with E-state index in [-0.39, 0.29) is 5.91 Å². The van der Waals surface area contributed by atoms with E-state index in [9.17, 15) is 4.79 Å². The van der Waals surface area contributed by atoms with Gasteiger partial charge in [0.1, 0.15) is 5.69 Å². The van der Waals surface area contributed by atoms with E-state index in [2.05, 4.69) is 10.6 Å². The quantitative estimate of drug-likeness (QED) is 0.765. The lowest BCUT2D eigenvalue weighted by atomic mass is 10.1. The summed E-state index contributed by atoms with van der Waals surface area (Å²) in [6.45, 7) is 0. The van der Waals surface area contributed by atoms with Gasteiger partial charge in [-0.15, -0.1) is 0 Å². The van der Waals surface area contributed by atoms with Gasteiger partial charge in [-0.1, -0.05) is 30.3 Å². The molecule has 1 aromatic heterocycles. The van der Waals surface area contributed by atoms with Crippen molar-refractivity contribution >= 4 is 17.3 Å². The van der Waals surface area contributed by atoms with Crippen molar-refractivity contribution in [2.24, 2.45) is 7.05 Å². The van der Waals surface area contributed by atoms with E-state index in [4.69, 9.17) is 0 Å². The van der Waals surface area contributed by atoms with Crippen LogP contribution in [-0.4, -0.2) is 17.5 Å². The molecule has 0 bridgehead atoms. The second kappa shape index (κ2) is 6.40. The summed E-state index contributed by atoms with van der Waals surface area (Å²) < 4.78 is 1.85. The van der Waals surface area contributed by atoms with E-state index < -0.39 is 0 Å². The largest absolute Gasteiger partial charge is 0.388 e. The van der Waals surface area contributed by atoms with Crippen molar-refractivity contribution in [2.75, 3.05) is 17.7 Å². The van der Waals surface area contributed by atoms with Crippen molar-refractivity contribution in [1.82, 2.24) is 4.57 Å². The van der Waals surface area contributed by atoms with Crippen LogP contribution in [-0.2, 0) is 7.05 Å². The Morgan fingerprint density at radius 1 is 0.913 bits per heavy atom. The molecule has 0 fully saturated rings. The molecule has 2 aromatic carbocycles. The minimum Gasteiger partial charge on any atom is -0.388 e. The molecular weight excluding hydrogens is 286 g/mol. The number of anilines is 2. The Morgan fingerprint density at radius 3 is 2.26 bits per heavy atom. The Bertz CT molecular complexity index is 804. The second-order valence-corrected chi connectivity index (χ2v) is 5.37. The average molecular weight is 305 g/mol. The van der Waals surface area contributed by atoms with Gasteiger partial charge in [-0.05, 0) is 35.9 Å². The maximum Gasteiger partial charge on any atom is 0.272 e. The van der Waals surface area contributed by atoms with E-state index in [0.717, 1.165) is 22.5 Å². The van der Waals surface area contributed by atoms with Crippen LogP contribution < -0.4 is 10.6 Å². The molecule has 4 heteroatoms. The number of rotatable bonds is 4. The number of aromatic nitrogens is 1. The molecule has 3 aromatic rings. The molecule has 0 aliphatic carbocycles. The van der Waals surface area contributed by atoms with Gasteiger partial charge in [-0.3, -0.25) is 4.79 Å². The number of nitrogens with zero attached hydrogens (tertiary/aromatic N) is 1. The Hall–Kier alpha value is -3.01. The van der Waals surface area contributed by atoms with Gasteiger partial charge in [0.15, 0.2) is 0 Å². The highest BCUT2D eigenvalue weighted by molar-refractivity contribution is 6.04. The minimum atomic E-state index is -0.114. The Balaban J connectivity index is 1.84. The van der Waals surface area contributed by atoms with Gasteiger partial charge in [-0.25, -0.2) is 0 Å². The van der Waals surface area contributed by atoms with Gasteiger partial charge in [0.05, 0.1) is 0 Å². The summed E-state index contributed by atoms with van der Waals surface area (Å²) in [5.74, 6) is -0.114. The maximum absolute atomic E-state index is 12.4. The van der Waals surface area contributed by atoms with Crippen LogP contribution in [0.4, 0.5) is 11.4 Å². The lowest BCUT2D eigenvalue weighted by Gasteiger charge is -2.05. The number of benzene rings is 2. The Kier molecular flexibility index (Phi) is 4.15. The molecular formula is C19H19N3O. The van der Waals surface area contributed by atoms with Crippen LogP contribution in [0.1, 0.15) is 10.5 Å². The molecule has 3 rings (SSSR count). The van der Waals surface area contributed by atoms with Crippen molar-refractivity contribution in [3.63, 3.8) is 0 Å². The van der Waals surface area contributed by atoms with Crippen molar-refractivity contribution in [1.29, 1.82) is 0 Å². The summed E-state index contributed by atoms with van der Waals surface area (Å²) >= 11 is 0. The fourth-order valence-electron chi connectivity index (χ4n) is 2.49. The maximum atomic E-state index is 12.4. The zero-order chi connectivity index (χ0) is 16.2. The molecule has 0 aliphatic rings. The summed E-state index contributed by atoms with van der Waals surface area (Å²) in [5, 5.41) is 6.01. The minimum absolute atomic E-state index is 0.114. The third-order valence-corrected chi connectivity index (χ3v) is 3.78. The van der Waals surface area contributed by atoms with Gasteiger partial charge < -0.3 is 15.2 Å². The molecule has 0 spiro atoms. The first-order valence-corrected chi connectivity index (χ1v) is 7.48. The average Bonchev–Trinajstić information content (AvgIpc) is 2.98. The van der Waals surface area contributed by atoms with E-state index in [1.165, 1.54) is 0 Å². The molecule has 116 valence electrons. The normalized spacial score (nSPS) is 10.3. The monoisotopic (exact) mass is 305 g/mol. The molecule has 0 aliphatic heterocycles. The SMILES string of the molecule is CNc1ccc(-c2cc(C(=O)Nc3ccccc3)n(C)c2)cc1. The fraction of sp³-hybridized carbons (Fsp3) is 0.105. The van der Waals surface area contributed by atoms with Crippen molar-refractivity contribution < 1.29 is 4.79 Å². The number of aryl methyl sites for hydroxylation is 1. The first-order valence-electron chi connectivity index (χ1n) is 7.48. The summed E-state index contributed by atoms with van der Waals surface area (Å²) in [7, 11) is 3.77. The number of carbonyl (C=O) groups is 1. The van der Waals surface area contributed by atoms with Gasteiger partial charge in [0, 0.05) is 37.2 Å². The molecule has 0 saturated heterocycles. The zero-order valence-corrected chi connectivity index (χ0v) is 13.2. The summed E-state index contributed by atoms with van der Waals surface area (Å²) in [4.78, 5) is 12.4. The predicted molar refractivity (Wildman–Crippen MR) is 94.8 cm³/mol. The number of hydrogen-bond acceptors (Lipinski definition) is 2. The summed E-state index contributed by atoms with van der Waals surface area (Å²) in [6.07, 6.45) is 1.97. The van der Waals surface area contributed by atoms with Crippen LogP contribution >= 0.6 is 0 Å². The Labute approximate surface area is 135 Å². The van der Waals surface area contributed by atoms with E-state index in [0.29, 0.717) is 5.69 Å². The third-order valence-electron chi connectivity index (χ3n) is 3.78. The standard InChI is InChI=1S/C19H19N3O/c1-20-16-10-8-14(9-11-16)15-12-18(22(2)13-15)19(23)21-17-6-4-3-5-7-17/h3-13,20H,1-2H3,(H,21,23). The number of carbonyl (C=O) groups excluding carboxylic acids is 1.